The monoisotopic (exact) mass is 242 g/mol. The fraction of sp³-hybridized carbons (Fsp3) is 0.923. The summed E-state index contributed by atoms with van der Waals surface area (Å²) >= 11 is 0. The van der Waals surface area contributed by atoms with Crippen LogP contribution >= 0.6 is 0 Å². The summed E-state index contributed by atoms with van der Waals surface area (Å²) in [6, 6.07) is 0. The summed E-state index contributed by atoms with van der Waals surface area (Å²) in [5.41, 5.74) is 5.84. The van der Waals surface area contributed by atoms with E-state index in [9.17, 15) is 4.79 Å². The first-order chi connectivity index (χ1) is 7.98. The number of ether oxygens (including phenoxy) is 1. The minimum atomic E-state index is -0.127. The van der Waals surface area contributed by atoms with Crippen molar-refractivity contribution in [2.45, 2.75) is 46.1 Å². The second-order valence-electron chi connectivity index (χ2n) is 5.60. The molecule has 2 N–H and O–H groups in total. The van der Waals surface area contributed by atoms with E-state index >= 15 is 0 Å². The molecule has 0 aliphatic carbocycles. The molecule has 0 aromatic carbocycles. The molecular formula is C13H26N2O2. The van der Waals surface area contributed by atoms with Gasteiger partial charge in [0.25, 0.3) is 0 Å². The number of nitrogens with zero attached hydrogens (tertiary/aromatic N) is 1. The molecule has 0 saturated carbocycles. The van der Waals surface area contributed by atoms with Crippen molar-refractivity contribution in [1.29, 1.82) is 0 Å². The number of carbonyl (C=O) groups excluding carboxylic acids is 1. The average Bonchev–Trinajstić information content (AvgIpc) is 2.27. The molecule has 4 heteroatoms. The summed E-state index contributed by atoms with van der Waals surface area (Å²) in [7, 11) is 0. The van der Waals surface area contributed by atoms with Crippen molar-refractivity contribution in [3.8, 4) is 0 Å². The molecule has 0 bridgehead atoms. The SMILES string of the molecule is CCOC(CN)CC(=O)N1CCCC(C)(C)C1. The van der Waals surface area contributed by atoms with E-state index in [0.717, 1.165) is 19.5 Å². The zero-order chi connectivity index (χ0) is 12.9. The maximum Gasteiger partial charge on any atom is 0.225 e. The van der Waals surface area contributed by atoms with Gasteiger partial charge in [0.2, 0.25) is 5.91 Å². The van der Waals surface area contributed by atoms with Gasteiger partial charge in [0, 0.05) is 26.2 Å². The second-order valence-corrected chi connectivity index (χ2v) is 5.60. The number of amides is 1. The first-order valence-electron chi connectivity index (χ1n) is 6.58. The highest BCUT2D eigenvalue weighted by Gasteiger charge is 2.29. The lowest BCUT2D eigenvalue weighted by Gasteiger charge is -2.38. The lowest BCUT2D eigenvalue weighted by Crippen LogP contribution is -2.45. The van der Waals surface area contributed by atoms with Crippen LogP contribution in [-0.2, 0) is 9.53 Å². The Labute approximate surface area is 104 Å². The molecule has 0 aromatic heterocycles. The number of rotatable bonds is 5. The van der Waals surface area contributed by atoms with E-state index in [1.165, 1.54) is 6.42 Å². The van der Waals surface area contributed by atoms with Crippen molar-refractivity contribution in [2.75, 3.05) is 26.2 Å². The first-order valence-corrected chi connectivity index (χ1v) is 6.58. The van der Waals surface area contributed by atoms with Gasteiger partial charge in [-0.3, -0.25) is 4.79 Å². The van der Waals surface area contributed by atoms with Gasteiger partial charge in [0.05, 0.1) is 12.5 Å². The number of hydrogen-bond donors (Lipinski definition) is 1. The van der Waals surface area contributed by atoms with Crippen LogP contribution < -0.4 is 5.73 Å². The molecule has 1 unspecified atom stereocenters. The third-order valence-corrected chi connectivity index (χ3v) is 3.32. The van der Waals surface area contributed by atoms with E-state index in [2.05, 4.69) is 13.8 Å². The largest absolute Gasteiger partial charge is 0.377 e. The normalized spacial score (nSPS) is 21.3. The van der Waals surface area contributed by atoms with Crippen LogP contribution in [0.1, 0.15) is 40.0 Å². The summed E-state index contributed by atoms with van der Waals surface area (Å²) in [5, 5.41) is 0. The summed E-state index contributed by atoms with van der Waals surface area (Å²) < 4.78 is 5.43. The van der Waals surface area contributed by atoms with Gasteiger partial charge in [-0.1, -0.05) is 13.8 Å². The Balaban J connectivity index is 2.46. The molecule has 0 aromatic rings. The Morgan fingerprint density at radius 3 is 2.76 bits per heavy atom. The van der Waals surface area contributed by atoms with Gasteiger partial charge < -0.3 is 15.4 Å². The number of carbonyl (C=O) groups is 1. The van der Waals surface area contributed by atoms with E-state index in [0.29, 0.717) is 19.6 Å². The highest BCUT2D eigenvalue weighted by atomic mass is 16.5. The quantitative estimate of drug-likeness (QED) is 0.792. The molecule has 1 fully saturated rings. The number of likely N-dealkylation sites (tertiary alicyclic amines) is 1. The first kappa shape index (κ1) is 14.5. The van der Waals surface area contributed by atoms with Gasteiger partial charge in [0.1, 0.15) is 0 Å². The van der Waals surface area contributed by atoms with Crippen LogP contribution in [0.3, 0.4) is 0 Å². The molecule has 1 amide bonds. The number of hydrogen-bond acceptors (Lipinski definition) is 3. The number of nitrogens with two attached hydrogens (primary N) is 1. The van der Waals surface area contributed by atoms with Crippen LogP contribution in [0.5, 0.6) is 0 Å². The second kappa shape index (κ2) is 6.36. The number of piperidine rings is 1. The molecule has 1 saturated heterocycles. The Bertz CT molecular complexity index is 254. The van der Waals surface area contributed by atoms with Gasteiger partial charge in [0.15, 0.2) is 0 Å². The highest BCUT2D eigenvalue weighted by molar-refractivity contribution is 5.76. The standard InChI is InChI=1S/C13H26N2O2/c1-4-17-11(9-14)8-12(16)15-7-5-6-13(2,3)10-15/h11H,4-10,14H2,1-3H3. The van der Waals surface area contributed by atoms with Crippen molar-refractivity contribution in [3.05, 3.63) is 0 Å². The summed E-state index contributed by atoms with van der Waals surface area (Å²) in [4.78, 5) is 14.1. The topological polar surface area (TPSA) is 55.6 Å². The minimum Gasteiger partial charge on any atom is -0.377 e. The lowest BCUT2D eigenvalue weighted by molar-refractivity contribution is -0.137. The van der Waals surface area contributed by atoms with Gasteiger partial charge in [-0.15, -0.1) is 0 Å². The minimum absolute atomic E-state index is 0.127. The molecule has 1 aliphatic rings. The fourth-order valence-electron chi connectivity index (χ4n) is 2.41. The molecule has 4 nitrogen and oxygen atoms in total. The van der Waals surface area contributed by atoms with Crippen molar-refractivity contribution in [2.24, 2.45) is 11.1 Å². The summed E-state index contributed by atoms with van der Waals surface area (Å²) in [6.45, 7) is 9.13. The zero-order valence-corrected chi connectivity index (χ0v) is 11.4. The van der Waals surface area contributed by atoms with Gasteiger partial charge >= 0.3 is 0 Å². The van der Waals surface area contributed by atoms with Crippen molar-refractivity contribution >= 4 is 5.91 Å². The third-order valence-electron chi connectivity index (χ3n) is 3.32. The zero-order valence-electron chi connectivity index (χ0n) is 11.4. The van der Waals surface area contributed by atoms with Crippen molar-refractivity contribution in [3.63, 3.8) is 0 Å². The smallest absolute Gasteiger partial charge is 0.225 e. The van der Waals surface area contributed by atoms with Crippen LogP contribution in [0.15, 0.2) is 0 Å². The Kier molecular flexibility index (Phi) is 5.40. The van der Waals surface area contributed by atoms with Crippen LogP contribution in [0.4, 0.5) is 0 Å². The fourth-order valence-corrected chi connectivity index (χ4v) is 2.41. The molecule has 1 atom stereocenters. The Morgan fingerprint density at radius 2 is 2.24 bits per heavy atom. The van der Waals surface area contributed by atoms with E-state index in [1.807, 2.05) is 11.8 Å². The molecule has 1 aliphatic heterocycles. The molecule has 1 rings (SSSR count). The van der Waals surface area contributed by atoms with Gasteiger partial charge in [-0.25, -0.2) is 0 Å². The van der Waals surface area contributed by atoms with Crippen LogP contribution in [-0.4, -0.2) is 43.2 Å². The Hall–Kier alpha value is -0.610. The van der Waals surface area contributed by atoms with E-state index < -0.39 is 0 Å². The van der Waals surface area contributed by atoms with Crippen molar-refractivity contribution < 1.29 is 9.53 Å². The molecule has 17 heavy (non-hydrogen) atoms. The van der Waals surface area contributed by atoms with Gasteiger partial charge in [-0.2, -0.15) is 0 Å². The molecule has 0 radical (unpaired) electrons. The van der Waals surface area contributed by atoms with Gasteiger partial charge in [-0.05, 0) is 25.2 Å². The van der Waals surface area contributed by atoms with E-state index in [4.69, 9.17) is 10.5 Å². The van der Waals surface area contributed by atoms with Crippen molar-refractivity contribution in [1.82, 2.24) is 4.90 Å². The van der Waals surface area contributed by atoms with E-state index in [1.54, 1.807) is 0 Å². The average molecular weight is 242 g/mol. The maximum absolute atomic E-state index is 12.1. The van der Waals surface area contributed by atoms with Crippen LogP contribution in [0.25, 0.3) is 0 Å². The third kappa shape index (κ3) is 4.64. The predicted molar refractivity (Wildman–Crippen MR) is 68.7 cm³/mol. The predicted octanol–water partition coefficient (Wildman–Crippen LogP) is 1.39. The van der Waals surface area contributed by atoms with E-state index in [-0.39, 0.29) is 17.4 Å². The lowest BCUT2D eigenvalue weighted by atomic mass is 9.84. The maximum atomic E-state index is 12.1. The highest BCUT2D eigenvalue weighted by Crippen LogP contribution is 2.28. The molecule has 1 heterocycles. The molecular weight excluding hydrogens is 216 g/mol. The molecule has 100 valence electrons. The molecule has 0 spiro atoms. The Morgan fingerprint density at radius 1 is 1.53 bits per heavy atom. The summed E-state index contributed by atoms with van der Waals surface area (Å²) in [5.74, 6) is 0.182. The van der Waals surface area contributed by atoms with Crippen LogP contribution in [0, 0.1) is 5.41 Å². The summed E-state index contributed by atoms with van der Waals surface area (Å²) in [6.07, 6.45) is 2.58. The van der Waals surface area contributed by atoms with Crippen LogP contribution in [0.2, 0.25) is 0 Å².